The van der Waals surface area contributed by atoms with E-state index in [1.54, 1.807) is 0 Å². The number of halogens is 2. The van der Waals surface area contributed by atoms with Gasteiger partial charge in [0.1, 0.15) is 13.1 Å². The summed E-state index contributed by atoms with van der Waals surface area (Å²) in [5.74, 6) is 0. The highest BCUT2D eigenvalue weighted by Gasteiger charge is 2.24. The zero-order valence-electron chi connectivity index (χ0n) is 12.0. The first-order valence-electron chi connectivity index (χ1n) is 7.26. The Morgan fingerprint density at radius 1 is 1.05 bits per heavy atom. The maximum atomic E-state index is 6.19. The number of benzene rings is 2. The van der Waals surface area contributed by atoms with Gasteiger partial charge >= 0.3 is 0 Å². The van der Waals surface area contributed by atoms with E-state index in [9.17, 15) is 0 Å². The van der Waals surface area contributed by atoms with Crippen molar-refractivity contribution in [3.63, 3.8) is 0 Å². The molecule has 2 N–H and O–H groups in total. The lowest BCUT2D eigenvalue weighted by molar-refractivity contribution is -0.676. The average Bonchev–Trinajstić information content (AvgIpc) is 2.98. The van der Waals surface area contributed by atoms with Crippen LogP contribution in [0, 0.1) is 0 Å². The van der Waals surface area contributed by atoms with Gasteiger partial charge in [0.25, 0.3) is 0 Å². The second-order valence-corrected chi connectivity index (χ2v) is 6.08. The summed E-state index contributed by atoms with van der Waals surface area (Å²) in [5, 5.41) is 7.89. The maximum absolute atomic E-state index is 6.19. The van der Waals surface area contributed by atoms with Gasteiger partial charge < -0.3 is 10.2 Å². The highest BCUT2D eigenvalue weighted by atomic mass is 35.5. The number of hydrogen-bond acceptors (Lipinski definition) is 2. The molecule has 0 saturated heterocycles. The van der Waals surface area contributed by atoms with Crippen molar-refractivity contribution in [2.45, 2.75) is 19.1 Å². The Kier molecular flexibility index (Phi) is 4.98. The van der Waals surface area contributed by atoms with Crippen LogP contribution in [0.1, 0.15) is 17.5 Å². The SMILES string of the molecule is Clc1ccccc1C[NH2+]C[C@@H]1CC(c2ccccc2Cl)=NO1. The molecule has 0 fully saturated rings. The van der Waals surface area contributed by atoms with E-state index in [0.717, 1.165) is 41.4 Å². The fourth-order valence-corrected chi connectivity index (χ4v) is 2.96. The average molecular weight is 336 g/mol. The molecule has 22 heavy (non-hydrogen) atoms. The second kappa shape index (κ2) is 7.14. The van der Waals surface area contributed by atoms with Crippen LogP contribution in [-0.2, 0) is 11.4 Å². The summed E-state index contributed by atoms with van der Waals surface area (Å²) in [5.41, 5.74) is 3.01. The summed E-state index contributed by atoms with van der Waals surface area (Å²) >= 11 is 12.3. The van der Waals surface area contributed by atoms with Crippen molar-refractivity contribution < 1.29 is 10.2 Å². The maximum Gasteiger partial charge on any atom is 0.181 e. The van der Waals surface area contributed by atoms with Crippen LogP contribution in [0.4, 0.5) is 0 Å². The van der Waals surface area contributed by atoms with Crippen molar-refractivity contribution in [1.82, 2.24) is 0 Å². The second-order valence-electron chi connectivity index (χ2n) is 5.27. The lowest BCUT2D eigenvalue weighted by atomic mass is 10.0. The summed E-state index contributed by atoms with van der Waals surface area (Å²) in [4.78, 5) is 5.51. The minimum Gasteiger partial charge on any atom is -0.386 e. The van der Waals surface area contributed by atoms with Gasteiger partial charge in [-0.25, -0.2) is 0 Å². The van der Waals surface area contributed by atoms with Crippen molar-refractivity contribution >= 4 is 28.9 Å². The van der Waals surface area contributed by atoms with Crippen molar-refractivity contribution in [2.75, 3.05) is 6.54 Å². The number of quaternary nitrogens is 1. The van der Waals surface area contributed by atoms with E-state index in [0.29, 0.717) is 5.02 Å². The number of nitrogens with zero attached hydrogens (tertiary/aromatic N) is 1. The molecule has 0 spiro atoms. The molecule has 0 aromatic heterocycles. The smallest absolute Gasteiger partial charge is 0.181 e. The number of oxime groups is 1. The lowest BCUT2D eigenvalue weighted by Crippen LogP contribution is -2.84. The van der Waals surface area contributed by atoms with E-state index >= 15 is 0 Å². The van der Waals surface area contributed by atoms with E-state index < -0.39 is 0 Å². The fourth-order valence-electron chi connectivity index (χ4n) is 2.50. The van der Waals surface area contributed by atoms with Gasteiger partial charge in [0.2, 0.25) is 0 Å². The van der Waals surface area contributed by atoms with Crippen molar-refractivity contribution in [1.29, 1.82) is 0 Å². The molecule has 0 aliphatic carbocycles. The van der Waals surface area contributed by atoms with E-state index in [4.69, 9.17) is 28.0 Å². The predicted molar refractivity (Wildman–Crippen MR) is 89.4 cm³/mol. The predicted octanol–water partition coefficient (Wildman–Crippen LogP) is 3.25. The third-order valence-electron chi connectivity index (χ3n) is 3.67. The fraction of sp³-hybridized carbons (Fsp3) is 0.235. The molecule has 0 amide bonds. The van der Waals surface area contributed by atoms with Crippen LogP contribution >= 0.6 is 23.2 Å². The number of hydrogen-bond donors (Lipinski definition) is 1. The lowest BCUT2D eigenvalue weighted by Gasteiger charge is -2.08. The normalized spacial score (nSPS) is 17.2. The molecular weight excluding hydrogens is 319 g/mol. The third kappa shape index (κ3) is 3.61. The first-order chi connectivity index (χ1) is 10.7. The Morgan fingerprint density at radius 3 is 2.55 bits per heavy atom. The molecule has 2 aromatic carbocycles. The van der Waals surface area contributed by atoms with Crippen LogP contribution in [0.2, 0.25) is 10.0 Å². The van der Waals surface area contributed by atoms with Gasteiger partial charge in [-0.3, -0.25) is 0 Å². The van der Waals surface area contributed by atoms with Crippen LogP contribution < -0.4 is 5.32 Å². The standard InChI is InChI=1S/C17H16Cl2N2O/c18-15-7-3-1-5-12(15)10-20-11-13-9-17(21-22-13)14-6-2-4-8-16(14)19/h1-8,13,20H,9-11H2/p+1/t13-/m0/s1. The molecule has 1 aliphatic rings. The van der Waals surface area contributed by atoms with Crippen LogP contribution in [0.3, 0.4) is 0 Å². The van der Waals surface area contributed by atoms with Crippen molar-refractivity contribution in [3.05, 3.63) is 69.7 Å². The largest absolute Gasteiger partial charge is 0.386 e. The van der Waals surface area contributed by atoms with E-state index in [1.165, 1.54) is 0 Å². The number of rotatable bonds is 5. The van der Waals surface area contributed by atoms with Crippen LogP contribution in [0.5, 0.6) is 0 Å². The van der Waals surface area contributed by atoms with Gasteiger partial charge in [-0.1, -0.05) is 64.8 Å². The Hall–Kier alpha value is -1.55. The molecule has 2 aromatic rings. The first kappa shape index (κ1) is 15.3. The Labute approximate surface area is 139 Å². The first-order valence-corrected chi connectivity index (χ1v) is 8.02. The molecule has 0 radical (unpaired) electrons. The van der Waals surface area contributed by atoms with Crippen molar-refractivity contribution in [2.24, 2.45) is 5.16 Å². The summed E-state index contributed by atoms with van der Waals surface area (Å²) < 4.78 is 0. The molecule has 5 heteroatoms. The van der Waals surface area contributed by atoms with Crippen LogP contribution in [0.25, 0.3) is 0 Å². The summed E-state index contributed by atoms with van der Waals surface area (Å²) in [6, 6.07) is 15.6. The van der Waals surface area contributed by atoms with Gasteiger partial charge in [-0.2, -0.15) is 0 Å². The molecule has 3 rings (SSSR count). The Morgan fingerprint density at radius 2 is 1.77 bits per heavy atom. The van der Waals surface area contributed by atoms with Gasteiger partial charge in [-0.15, -0.1) is 0 Å². The van der Waals surface area contributed by atoms with E-state index in [2.05, 4.69) is 10.5 Å². The summed E-state index contributed by atoms with van der Waals surface area (Å²) in [7, 11) is 0. The zero-order valence-corrected chi connectivity index (χ0v) is 13.5. The molecule has 0 saturated carbocycles. The molecule has 1 heterocycles. The minimum absolute atomic E-state index is 0.0776. The van der Waals surface area contributed by atoms with Gasteiger partial charge in [0.15, 0.2) is 6.10 Å². The summed E-state index contributed by atoms with van der Waals surface area (Å²) in [6.45, 7) is 1.67. The quantitative estimate of drug-likeness (QED) is 0.894. The molecule has 114 valence electrons. The van der Waals surface area contributed by atoms with Crippen LogP contribution in [0.15, 0.2) is 53.7 Å². The Balaban J connectivity index is 1.51. The monoisotopic (exact) mass is 335 g/mol. The minimum atomic E-state index is 0.0776. The molecule has 0 bridgehead atoms. The Bertz CT molecular complexity index is 688. The summed E-state index contributed by atoms with van der Waals surface area (Å²) in [6.07, 6.45) is 0.858. The highest BCUT2D eigenvalue weighted by molar-refractivity contribution is 6.34. The number of nitrogens with two attached hydrogens (primary N) is 1. The van der Waals surface area contributed by atoms with E-state index in [1.807, 2.05) is 48.5 Å². The van der Waals surface area contributed by atoms with E-state index in [-0.39, 0.29) is 6.10 Å². The molecular formula is C17H17Cl2N2O+. The molecule has 1 aliphatic heterocycles. The molecule has 0 unspecified atom stereocenters. The zero-order chi connectivity index (χ0) is 15.4. The molecule has 1 atom stereocenters. The topological polar surface area (TPSA) is 38.2 Å². The van der Waals surface area contributed by atoms with Crippen LogP contribution in [-0.4, -0.2) is 18.4 Å². The molecule has 3 nitrogen and oxygen atoms in total. The highest BCUT2D eigenvalue weighted by Crippen LogP contribution is 2.22. The van der Waals surface area contributed by atoms with Crippen molar-refractivity contribution in [3.8, 4) is 0 Å². The van der Waals surface area contributed by atoms with Gasteiger partial charge in [0, 0.05) is 27.6 Å². The van der Waals surface area contributed by atoms with Gasteiger partial charge in [0.05, 0.1) is 5.71 Å². The third-order valence-corrected chi connectivity index (χ3v) is 4.37. The van der Waals surface area contributed by atoms with Gasteiger partial charge in [-0.05, 0) is 12.1 Å².